The Bertz CT molecular complexity index is 1700. The van der Waals surface area contributed by atoms with Gasteiger partial charge in [-0.1, -0.05) is 73.5 Å². The molecular formula is C35H37ClFN3O5S. The number of hydrogen-bond acceptors (Lipinski definition) is 5. The summed E-state index contributed by atoms with van der Waals surface area (Å²) >= 11 is 6.11. The average Bonchev–Trinajstić information content (AvgIpc) is 3.07. The van der Waals surface area contributed by atoms with Crippen LogP contribution in [0.2, 0.25) is 5.02 Å². The third kappa shape index (κ3) is 8.86. The number of benzene rings is 4. The number of sulfonamides is 1. The Balaban J connectivity index is 1.79. The molecule has 1 N–H and O–H groups in total. The quantitative estimate of drug-likeness (QED) is 0.152. The molecule has 4 aromatic carbocycles. The van der Waals surface area contributed by atoms with Crippen LogP contribution in [-0.2, 0) is 32.6 Å². The van der Waals surface area contributed by atoms with Crippen LogP contribution < -0.4 is 14.4 Å². The largest absolute Gasteiger partial charge is 0.497 e. The van der Waals surface area contributed by atoms with E-state index in [4.69, 9.17) is 16.3 Å². The molecule has 1 atom stereocenters. The minimum absolute atomic E-state index is 0.0742. The van der Waals surface area contributed by atoms with E-state index in [0.717, 1.165) is 22.7 Å². The van der Waals surface area contributed by atoms with Crippen LogP contribution in [0.3, 0.4) is 0 Å². The molecule has 0 fully saturated rings. The Labute approximate surface area is 274 Å². The zero-order valence-corrected chi connectivity index (χ0v) is 27.3. The van der Waals surface area contributed by atoms with Crippen molar-refractivity contribution in [1.29, 1.82) is 0 Å². The molecule has 0 aromatic heterocycles. The van der Waals surface area contributed by atoms with Crippen molar-refractivity contribution in [2.45, 2.75) is 43.7 Å². The Morgan fingerprint density at radius 2 is 1.57 bits per heavy atom. The summed E-state index contributed by atoms with van der Waals surface area (Å²) in [6.45, 7) is 1.46. The minimum Gasteiger partial charge on any atom is -0.497 e. The molecule has 0 saturated heterocycles. The summed E-state index contributed by atoms with van der Waals surface area (Å²) in [6, 6.07) is 25.9. The highest BCUT2D eigenvalue weighted by Crippen LogP contribution is 2.27. The van der Waals surface area contributed by atoms with Gasteiger partial charge in [-0.15, -0.1) is 0 Å². The second kappa shape index (κ2) is 16.2. The van der Waals surface area contributed by atoms with Gasteiger partial charge in [-0.25, -0.2) is 12.8 Å². The van der Waals surface area contributed by atoms with Crippen LogP contribution in [0.4, 0.5) is 10.1 Å². The molecule has 8 nitrogen and oxygen atoms in total. The van der Waals surface area contributed by atoms with Gasteiger partial charge in [0.1, 0.15) is 24.2 Å². The van der Waals surface area contributed by atoms with Crippen molar-refractivity contribution in [3.05, 3.63) is 125 Å². The fraction of sp³-hybridized carbons (Fsp3) is 0.257. The molecule has 4 aromatic rings. The number of unbranched alkanes of at least 4 members (excludes halogenated alkanes) is 1. The van der Waals surface area contributed by atoms with Gasteiger partial charge in [0.25, 0.3) is 10.0 Å². The van der Waals surface area contributed by atoms with Crippen molar-refractivity contribution in [1.82, 2.24) is 10.2 Å². The molecule has 0 aliphatic heterocycles. The van der Waals surface area contributed by atoms with E-state index in [1.54, 1.807) is 6.07 Å². The molecule has 0 saturated carbocycles. The van der Waals surface area contributed by atoms with E-state index in [1.165, 1.54) is 78.7 Å². The van der Waals surface area contributed by atoms with E-state index in [0.29, 0.717) is 17.3 Å². The van der Waals surface area contributed by atoms with Crippen LogP contribution in [0.25, 0.3) is 0 Å². The maximum atomic E-state index is 15.0. The highest BCUT2D eigenvalue weighted by Gasteiger charge is 2.35. The number of carbonyl (C=O) groups is 2. The van der Waals surface area contributed by atoms with Crippen LogP contribution in [0.5, 0.6) is 5.75 Å². The summed E-state index contributed by atoms with van der Waals surface area (Å²) in [7, 11) is -2.84. The fourth-order valence-corrected chi connectivity index (χ4v) is 6.42. The summed E-state index contributed by atoms with van der Waals surface area (Å²) in [5, 5.41) is 3.29. The number of nitrogens with one attached hydrogen (secondary N) is 1. The van der Waals surface area contributed by atoms with Gasteiger partial charge in [-0.2, -0.15) is 0 Å². The van der Waals surface area contributed by atoms with Crippen molar-refractivity contribution in [2.75, 3.05) is 24.5 Å². The number of rotatable bonds is 15. The Morgan fingerprint density at radius 1 is 0.913 bits per heavy atom. The first-order valence-corrected chi connectivity index (χ1v) is 16.7. The summed E-state index contributed by atoms with van der Waals surface area (Å²) < 4.78 is 49.4. The van der Waals surface area contributed by atoms with Gasteiger partial charge >= 0.3 is 0 Å². The van der Waals surface area contributed by atoms with Crippen LogP contribution >= 0.6 is 11.6 Å². The smallest absolute Gasteiger partial charge is 0.264 e. The van der Waals surface area contributed by atoms with E-state index in [1.807, 2.05) is 37.3 Å². The van der Waals surface area contributed by atoms with Crippen molar-refractivity contribution in [2.24, 2.45) is 0 Å². The van der Waals surface area contributed by atoms with Gasteiger partial charge in [0, 0.05) is 30.1 Å². The van der Waals surface area contributed by atoms with Gasteiger partial charge in [0.15, 0.2) is 0 Å². The lowest BCUT2D eigenvalue weighted by molar-refractivity contribution is -0.140. The lowest BCUT2D eigenvalue weighted by Gasteiger charge is -2.34. The zero-order valence-electron chi connectivity index (χ0n) is 25.7. The molecule has 46 heavy (non-hydrogen) atoms. The standard InChI is InChI=1S/C35H37ClFN3O5S/c1-3-4-22-38-35(42)33(23-26-10-6-5-7-11-26)39(24-27-12-8-9-13-32(27)37)34(41)25-40(29-16-14-28(36)15-17-29)46(43,44)31-20-18-30(45-2)19-21-31/h5-21,33H,3-4,22-25H2,1-2H3,(H,38,42). The van der Waals surface area contributed by atoms with Crippen LogP contribution in [-0.4, -0.2) is 51.4 Å². The van der Waals surface area contributed by atoms with Gasteiger partial charge in [0.2, 0.25) is 11.8 Å². The Kier molecular flexibility index (Phi) is 12.2. The normalized spacial score (nSPS) is 11.8. The molecule has 0 heterocycles. The number of amides is 2. The molecule has 0 bridgehead atoms. The first-order valence-electron chi connectivity index (χ1n) is 14.9. The SMILES string of the molecule is CCCCNC(=O)C(Cc1ccccc1)N(Cc1ccccc1F)C(=O)CN(c1ccc(Cl)cc1)S(=O)(=O)c1ccc(OC)cc1. The van der Waals surface area contributed by atoms with E-state index in [9.17, 15) is 18.0 Å². The molecule has 0 spiro atoms. The monoisotopic (exact) mass is 665 g/mol. The second-order valence-electron chi connectivity index (χ2n) is 10.6. The third-order valence-corrected chi connectivity index (χ3v) is 9.48. The Morgan fingerprint density at radius 3 is 2.20 bits per heavy atom. The number of nitrogens with zero attached hydrogens (tertiary/aromatic N) is 2. The van der Waals surface area contributed by atoms with E-state index < -0.39 is 40.2 Å². The maximum absolute atomic E-state index is 15.0. The lowest BCUT2D eigenvalue weighted by atomic mass is 10.0. The lowest BCUT2D eigenvalue weighted by Crippen LogP contribution is -2.53. The molecule has 0 radical (unpaired) electrons. The highest BCUT2D eigenvalue weighted by atomic mass is 35.5. The van der Waals surface area contributed by atoms with Crippen molar-refractivity contribution >= 4 is 39.1 Å². The van der Waals surface area contributed by atoms with E-state index in [2.05, 4.69) is 5.32 Å². The molecule has 0 aliphatic carbocycles. The average molecular weight is 666 g/mol. The van der Waals surface area contributed by atoms with Crippen LogP contribution in [0.1, 0.15) is 30.9 Å². The molecule has 1 unspecified atom stereocenters. The van der Waals surface area contributed by atoms with Crippen molar-refractivity contribution in [3.8, 4) is 5.75 Å². The second-order valence-corrected chi connectivity index (χ2v) is 12.9. The number of ether oxygens (including phenoxy) is 1. The zero-order chi connectivity index (χ0) is 33.1. The first-order chi connectivity index (χ1) is 22.1. The van der Waals surface area contributed by atoms with E-state index >= 15 is 4.39 Å². The van der Waals surface area contributed by atoms with Crippen LogP contribution in [0, 0.1) is 5.82 Å². The number of carbonyl (C=O) groups excluding carboxylic acids is 2. The van der Waals surface area contributed by atoms with Gasteiger partial charge in [0.05, 0.1) is 17.7 Å². The predicted octanol–water partition coefficient (Wildman–Crippen LogP) is 6.24. The van der Waals surface area contributed by atoms with E-state index in [-0.39, 0.29) is 29.1 Å². The molecule has 4 rings (SSSR count). The summed E-state index contributed by atoms with van der Waals surface area (Å²) in [6.07, 6.45) is 1.71. The number of anilines is 1. The van der Waals surface area contributed by atoms with Gasteiger partial charge in [-0.3, -0.25) is 13.9 Å². The highest BCUT2D eigenvalue weighted by molar-refractivity contribution is 7.92. The number of hydrogen-bond donors (Lipinski definition) is 1. The summed E-state index contributed by atoms with van der Waals surface area (Å²) in [4.78, 5) is 29.4. The topological polar surface area (TPSA) is 96.0 Å². The molecule has 0 aliphatic rings. The Hall–Kier alpha value is -4.41. The maximum Gasteiger partial charge on any atom is 0.264 e. The van der Waals surface area contributed by atoms with Gasteiger partial charge < -0.3 is 15.0 Å². The number of halogens is 2. The number of methoxy groups -OCH3 is 1. The fourth-order valence-electron chi connectivity index (χ4n) is 4.88. The molecule has 11 heteroatoms. The molecular weight excluding hydrogens is 629 g/mol. The third-order valence-electron chi connectivity index (χ3n) is 7.44. The minimum atomic E-state index is -4.31. The van der Waals surface area contributed by atoms with Gasteiger partial charge in [-0.05, 0) is 66.6 Å². The first kappa shape index (κ1) is 34.5. The molecule has 2 amide bonds. The summed E-state index contributed by atoms with van der Waals surface area (Å²) in [5.41, 5.74) is 1.16. The van der Waals surface area contributed by atoms with Crippen molar-refractivity contribution < 1.29 is 27.1 Å². The van der Waals surface area contributed by atoms with Crippen molar-refractivity contribution in [3.63, 3.8) is 0 Å². The summed E-state index contributed by atoms with van der Waals surface area (Å²) in [5.74, 6) is -1.20. The predicted molar refractivity (Wildman–Crippen MR) is 178 cm³/mol. The molecule has 242 valence electrons. The van der Waals surface area contributed by atoms with Crippen LogP contribution in [0.15, 0.2) is 108 Å².